The first-order valence-electron chi connectivity index (χ1n) is 5.68. The first kappa shape index (κ1) is 9.45. The van der Waals surface area contributed by atoms with Gasteiger partial charge in [-0.15, -0.1) is 0 Å². The van der Waals surface area contributed by atoms with Crippen molar-refractivity contribution in [2.24, 2.45) is 35.5 Å². The summed E-state index contributed by atoms with van der Waals surface area (Å²) >= 11 is 3.56. The van der Waals surface area contributed by atoms with Gasteiger partial charge in [-0.05, 0) is 24.2 Å². The Bertz CT molecular complexity index is 409. The van der Waals surface area contributed by atoms with Crippen LogP contribution >= 0.6 is 15.9 Å². The summed E-state index contributed by atoms with van der Waals surface area (Å²) in [6.07, 6.45) is 1.02. The van der Waals surface area contributed by atoms with Crippen molar-refractivity contribution in [1.82, 2.24) is 0 Å². The summed E-state index contributed by atoms with van der Waals surface area (Å²) in [7, 11) is 0. The van der Waals surface area contributed by atoms with Crippen LogP contribution in [0.1, 0.15) is 6.42 Å². The number of halogens is 1. The molecule has 5 heteroatoms. The maximum Gasteiger partial charge on any atom is 0.310 e. The zero-order valence-electron chi connectivity index (χ0n) is 8.38. The second-order valence-corrected chi connectivity index (χ2v) is 6.51. The van der Waals surface area contributed by atoms with Gasteiger partial charge in [0.1, 0.15) is 6.10 Å². The molecule has 5 fully saturated rings. The highest BCUT2D eigenvalue weighted by Gasteiger charge is 2.74. The summed E-state index contributed by atoms with van der Waals surface area (Å²) in [5, 5.41) is 9.32. The number of carbonyl (C=O) groups excluding carboxylic acids is 1. The quantitative estimate of drug-likeness (QED) is 0.574. The standard InChI is InChI=1S/C11H11BrO4/c12-8-4-2-1-3(2)5-7(6(4)10(13)14)11(15)16-9(5)8/h2-9H,1H2,(H,13,14)/t2?,3?,4-,5+,6-,7+,8-,9-/m0/s1. The van der Waals surface area contributed by atoms with Gasteiger partial charge in [-0.3, -0.25) is 9.59 Å². The van der Waals surface area contributed by atoms with Crippen molar-refractivity contribution in [2.45, 2.75) is 17.4 Å². The molecule has 1 heterocycles. The Morgan fingerprint density at radius 3 is 2.75 bits per heavy atom. The maximum atomic E-state index is 11.8. The molecule has 86 valence electrons. The number of ether oxygens (including phenoxy) is 1. The van der Waals surface area contributed by atoms with E-state index in [4.69, 9.17) is 4.74 Å². The summed E-state index contributed by atoms with van der Waals surface area (Å²) in [6.45, 7) is 0. The smallest absolute Gasteiger partial charge is 0.310 e. The van der Waals surface area contributed by atoms with Gasteiger partial charge in [-0.1, -0.05) is 15.9 Å². The highest BCUT2D eigenvalue weighted by Crippen LogP contribution is 2.70. The van der Waals surface area contributed by atoms with Crippen LogP contribution in [-0.2, 0) is 14.3 Å². The highest BCUT2D eigenvalue weighted by atomic mass is 79.9. The van der Waals surface area contributed by atoms with E-state index in [2.05, 4.69) is 15.9 Å². The number of hydrogen-bond acceptors (Lipinski definition) is 3. The average molecular weight is 287 g/mol. The molecule has 4 nitrogen and oxygen atoms in total. The lowest BCUT2D eigenvalue weighted by Crippen LogP contribution is -2.54. The predicted molar refractivity (Wildman–Crippen MR) is 55.8 cm³/mol. The molecule has 1 saturated heterocycles. The van der Waals surface area contributed by atoms with Gasteiger partial charge in [0.25, 0.3) is 0 Å². The lowest BCUT2D eigenvalue weighted by atomic mass is 9.59. The minimum atomic E-state index is -0.827. The average Bonchev–Trinajstić information content (AvgIpc) is 2.95. The third kappa shape index (κ3) is 0.848. The van der Waals surface area contributed by atoms with E-state index in [1.165, 1.54) is 0 Å². The van der Waals surface area contributed by atoms with Gasteiger partial charge in [0, 0.05) is 5.92 Å². The van der Waals surface area contributed by atoms with Gasteiger partial charge >= 0.3 is 11.9 Å². The fraction of sp³-hybridized carbons (Fsp3) is 0.818. The van der Waals surface area contributed by atoms with E-state index < -0.39 is 11.9 Å². The van der Waals surface area contributed by atoms with Crippen LogP contribution in [0.25, 0.3) is 0 Å². The molecule has 0 spiro atoms. The van der Waals surface area contributed by atoms with Gasteiger partial charge in [-0.2, -0.15) is 0 Å². The Morgan fingerprint density at radius 2 is 2.06 bits per heavy atom. The van der Waals surface area contributed by atoms with E-state index in [9.17, 15) is 14.7 Å². The molecule has 4 bridgehead atoms. The number of carboxylic acids is 1. The Morgan fingerprint density at radius 1 is 1.38 bits per heavy atom. The number of alkyl halides is 1. The van der Waals surface area contributed by atoms with Crippen LogP contribution in [0.5, 0.6) is 0 Å². The monoisotopic (exact) mass is 286 g/mol. The van der Waals surface area contributed by atoms with Gasteiger partial charge in [0.05, 0.1) is 16.7 Å². The van der Waals surface area contributed by atoms with Crippen molar-refractivity contribution < 1.29 is 19.4 Å². The molecular formula is C11H11BrO4. The minimum Gasteiger partial charge on any atom is -0.481 e. The molecule has 0 aromatic heterocycles. The van der Waals surface area contributed by atoms with E-state index in [0.29, 0.717) is 11.8 Å². The summed E-state index contributed by atoms with van der Waals surface area (Å²) in [6, 6.07) is 0. The van der Waals surface area contributed by atoms with Gasteiger partial charge in [0.15, 0.2) is 0 Å². The number of esters is 1. The molecule has 0 aromatic carbocycles. The van der Waals surface area contributed by atoms with Crippen LogP contribution in [0.3, 0.4) is 0 Å². The molecule has 5 rings (SSSR count). The first-order chi connectivity index (χ1) is 7.61. The molecule has 8 atom stereocenters. The topological polar surface area (TPSA) is 63.6 Å². The zero-order valence-corrected chi connectivity index (χ0v) is 9.96. The molecule has 0 radical (unpaired) electrons. The lowest BCUT2D eigenvalue weighted by Gasteiger charge is -2.45. The number of carboxylic acid groups (broad SMARTS) is 1. The Kier molecular flexibility index (Phi) is 1.55. The fourth-order valence-electron chi connectivity index (χ4n) is 4.42. The Labute approximate surface area is 100 Å². The number of rotatable bonds is 1. The van der Waals surface area contributed by atoms with Gasteiger partial charge < -0.3 is 9.84 Å². The van der Waals surface area contributed by atoms with Crippen LogP contribution in [0.4, 0.5) is 0 Å². The molecule has 0 aromatic rings. The van der Waals surface area contributed by atoms with Gasteiger partial charge in [0.2, 0.25) is 0 Å². The molecule has 1 N–H and O–H groups in total. The molecule has 4 saturated carbocycles. The van der Waals surface area contributed by atoms with Crippen molar-refractivity contribution in [3.05, 3.63) is 0 Å². The third-order valence-corrected chi connectivity index (χ3v) is 6.10. The van der Waals surface area contributed by atoms with Crippen molar-refractivity contribution in [1.29, 1.82) is 0 Å². The fourth-order valence-corrected chi connectivity index (χ4v) is 5.61. The second kappa shape index (κ2) is 2.63. The molecule has 2 unspecified atom stereocenters. The van der Waals surface area contributed by atoms with E-state index >= 15 is 0 Å². The van der Waals surface area contributed by atoms with Crippen LogP contribution in [-0.4, -0.2) is 28.0 Å². The summed E-state index contributed by atoms with van der Waals surface area (Å²) in [4.78, 5) is 23.2. The Balaban J connectivity index is 1.86. The number of hydrogen-bond donors (Lipinski definition) is 1. The van der Waals surface area contributed by atoms with Crippen LogP contribution in [0.2, 0.25) is 0 Å². The Hall–Kier alpha value is -0.580. The van der Waals surface area contributed by atoms with Crippen molar-refractivity contribution in [2.75, 3.05) is 0 Å². The zero-order chi connectivity index (χ0) is 11.2. The van der Waals surface area contributed by atoms with Crippen LogP contribution in [0, 0.1) is 35.5 Å². The SMILES string of the molecule is O=C(O)[C@@H]1[C@@H]2C(=O)O[C@@H]3[C@@H](Br)[C@H]1C1CC1[C@@H]32. The number of carbonyl (C=O) groups is 2. The summed E-state index contributed by atoms with van der Waals surface area (Å²) < 4.78 is 5.36. The van der Waals surface area contributed by atoms with E-state index in [-0.39, 0.29) is 34.7 Å². The number of aliphatic carboxylic acids is 1. The van der Waals surface area contributed by atoms with Gasteiger partial charge in [-0.25, -0.2) is 0 Å². The summed E-state index contributed by atoms with van der Waals surface area (Å²) in [5.41, 5.74) is 0. The molecular weight excluding hydrogens is 276 g/mol. The molecule has 16 heavy (non-hydrogen) atoms. The molecule has 0 amide bonds. The van der Waals surface area contributed by atoms with E-state index in [1.54, 1.807) is 0 Å². The van der Waals surface area contributed by atoms with Crippen LogP contribution < -0.4 is 0 Å². The van der Waals surface area contributed by atoms with Crippen molar-refractivity contribution in [3.8, 4) is 0 Å². The summed E-state index contributed by atoms with van der Waals surface area (Å²) in [5.74, 6) is -0.684. The molecule has 5 aliphatic rings. The lowest BCUT2D eigenvalue weighted by molar-refractivity contribution is -0.155. The van der Waals surface area contributed by atoms with Crippen molar-refractivity contribution in [3.63, 3.8) is 0 Å². The highest BCUT2D eigenvalue weighted by molar-refractivity contribution is 9.09. The minimum absolute atomic E-state index is 0.0463. The second-order valence-electron chi connectivity index (χ2n) is 5.45. The van der Waals surface area contributed by atoms with E-state index in [1.807, 2.05) is 0 Å². The third-order valence-electron chi connectivity index (χ3n) is 4.97. The normalized spacial score (nSPS) is 60.4. The first-order valence-corrected chi connectivity index (χ1v) is 6.60. The molecule has 4 aliphatic carbocycles. The largest absolute Gasteiger partial charge is 0.481 e. The van der Waals surface area contributed by atoms with E-state index in [0.717, 1.165) is 6.42 Å². The van der Waals surface area contributed by atoms with Crippen molar-refractivity contribution >= 4 is 27.9 Å². The maximum absolute atomic E-state index is 11.8. The van der Waals surface area contributed by atoms with Crippen LogP contribution in [0.15, 0.2) is 0 Å². The molecule has 1 aliphatic heterocycles. The predicted octanol–water partition coefficient (Wildman–Crippen LogP) is 0.888.